The van der Waals surface area contributed by atoms with Crippen molar-refractivity contribution in [1.29, 1.82) is 0 Å². The van der Waals surface area contributed by atoms with Crippen LogP contribution in [0.1, 0.15) is 19.3 Å². The van der Waals surface area contributed by atoms with Crippen LogP contribution in [-0.4, -0.2) is 23.2 Å². The second kappa shape index (κ2) is 4.66. The van der Waals surface area contributed by atoms with Crippen LogP contribution in [0.4, 0.5) is 5.69 Å². The predicted molar refractivity (Wildman–Crippen MR) is 70.1 cm³/mol. The number of nitrogens with zero attached hydrogens (tertiary/aromatic N) is 1. The Morgan fingerprint density at radius 2 is 2.32 bits per heavy atom. The number of hydrogen-bond acceptors (Lipinski definition) is 6. The lowest BCUT2D eigenvalue weighted by Gasteiger charge is -2.12. The van der Waals surface area contributed by atoms with Gasteiger partial charge in [-0.2, -0.15) is 0 Å². The van der Waals surface area contributed by atoms with Gasteiger partial charge in [0.25, 0.3) is 0 Å². The molecule has 0 bridgehead atoms. The highest BCUT2D eigenvalue weighted by molar-refractivity contribution is 7.97. The molecule has 0 aromatic heterocycles. The molecule has 1 aromatic rings. The summed E-state index contributed by atoms with van der Waals surface area (Å²) in [5.41, 5.74) is -0.0424. The molecule has 2 aliphatic rings. The van der Waals surface area contributed by atoms with Crippen LogP contribution in [0.15, 0.2) is 23.1 Å². The summed E-state index contributed by atoms with van der Waals surface area (Å²) in [6.45, 7) is 0.505. The van der Waals surface area contributed by atoms with E-state index in [1.54, 1.807) is 12.1 Å². The minimum absolute atomic E-state index is 0.00645. The summed E-state index contributed by atoms with van der Waals surface area (Å²) in [5, 5.41) is 16.5. The maximum absolute atomic E-state index is 11.0. The Labute approximate surface area is 114 Å². The van der Waals surface area contributed by atoms with Crippen molar-refractivity contribution in [2.45, 2.75) is 35.9 Å². The van der Waals surface area contributed by atoms with Gasteiger partial charge in [-0.3, -0.25) is 15.3 Å². The Kier molecular flexibility index (Phi) is 3.12. The highest BCUT2D eigenvalue weighted by Crippen LogP contribution is 2.48. The number of hydrogen-bond donors (Lipinski definition) is 1. The number of nitro benzene ring substituents is 1. The van der Waals surface area contributed by atoms with Gasteiger partial charge in [0, 0.05) is 17.4 Å². The van der Waals surface area contributed by atoms with Crippen molar-refractivity contribution in [2.75, 3.05) is 6.61 Å². The highest BCUT2D eigenvalue weighted by atomic mass is 32.2. The molecule has 1 aromatic carbocycles. The van der Waals surface area contributed by atoms with E-state index in [0.29, 0.717) is 11.5 Å². The molecule has 19 heavy (non-hydrogen) atoms. The molecule has 7 heteroatoms. The van der Waals surface area contributed by atoms with Crippen LogP contribution in [0, 0.1) is 10.1 Å². The third-order valence-corrected chi connectivity index (χ3v) is 4.07. The molecule has 0 amide bonds. The molecule has 1 heterocycles. The number of ether oxygens (including phenoxy) is 2. The first kappa shape index (κ1) is 12.7. The van der Waals surface area contributed by atoms with Crippen LogP contribution >= 0.6 is 11.9 Å². The number of nitrogens with two attached hydrogens (primary N) is 1. The first-order valence-electron chi connectivity index (χ1n) is 6.08. The van der Waals surface area contributed by atoms with E-state index in [2.05, 4.69) is 0 Å². The molecule has 1 aliphatic carbocycles. The predicted octanol–water partition coefficient (Wildman–Crippen LogP) is 2.26. The van der Waals surface area contributed by atoms with Gasteiger partial charge in [0.2, 0.25) is 0 Å². The van der Waals surface area contributed by atoms with Gasteiger partial charge < -0.3 is 9.47 Å². The Hall–Kier alpha value is -1.31. The summed E-state index contributed by atoms with van der Waals surface area (Å²) in [6.07, 6.45) is 2.85. The quantitative estimate of drug-likeness (QED) is 0.518. The van der Waals surface area contributed by atoms with Crippen LogP contribution in [0.5, 0.6) is 5.75 Å². The first-order valence-corrected chi connectivity index (χ1v) is 6.96. The van der Waals surface area contributed by atoms with Gasteiger partial charge in [-0.15, -0.1) is 0 Å². The zero-order valence-electron chi connectivity index (χ0n) is 10.2. The lowest BCUT2D eigenvalue weighted by Crippen LogP contribution is -2.17. The van der Waals surface area contributed by atoms with E-state index in [1.807, 2.05) is 0 Å². The molecule has 1 saturated heterocycles. The maximum Gasteiger partial charge on any atom is 0.312 e. The highest BCUT2D eigenvalue weighted by Gasteiger charge is 2.51. The molecular formula is C12H14N2O4S. The smallest absolute Gasteiger partial charge is 0.312 e. The molecule has 1 aliphatic heterocycles. The van der Waals surface area contributed by atoms with Crippen LogP contribution in [0.2, 0.25) is 0 Å². The Balaban J connectivity index is 1.78. The standard InChI is InChI=1S/C12H14N2O4S/c13-19-9-1-2-11(10(5-9)14(15)16)18-8-6-12(3-4-12)17-7-8/h1-2,5,8H,3-4,6-7,13H2. The third kappa shape index (κ3) is 2.54. The Morgan fingerprint density at radius 1 is 1.53 bits per heavy atom. The molecule has 6 nitrogen and oxygen atoms in total. The Morgan fingerprint density at radius 3 is 2.89 bits per heavy atom. The SMILES string of the molecule is NSc1ccc(OC2COC3(CC3)C2)c([N+](=O)[O-])c1. The fraction of sp³-hybridized carbons (Fsp3) is 0.500. The van der Waals surface area contributed by atoms with Crippen molar-refractivity contribution in [1.82, 2.24) is 0 Å². The Bertz CT molecular complexity index is 518. The van der Waals surface area contributed by atoms with Crippen molar-refractivity contribution in [3.8, 4) is 5.75 Å². The summed E-state index contributed by atoms with van der Waals surface area (Å²) >= 11 is 0.977. The van der Waals surface area contributed by atoms with Crippen LogP contribution in [0.3, 0.4) is 0 Å². The lowest BCUT2D eigenvalue weighted by atomic mass is 10.2. The van der Waals surface area contributed by atoms with E-state index in [9.17, 15) is 10.1 Å². The fourth-order valence-electron chi connectivity index (χ4n) is 2.36. The van der Waals surface area contributed by atoms with Crippen LogP contribution in [-0.2, 0) is 4.74 Å². The number of rotatable bonds is 4. The maximum atomic E-state index is 11.0. The molecule has 1 saturated carbocycles. The molecule has 1 atom stereocenters. The second-order valence-electron chi connectivity index (χ2n) is 4.94. The van der Waals surface area contributed by atoms with E-state index < -0.39 is 4.92 Å². The first-order chi connectivity index (χ1) is 9.12. The minimum atomic E-state index is -0.447. The summed E-state index contributed by atoms with van der Waals surface area (Å²) in [5.74, 6) is 0.286. The molecule has 1 unspecified atom stereocenters. The summed E-state index contributed by atoms with van der Waals surface area (Å²) in [7, 11) is 0. The molecule has 2 N–H and O–H groups in total. The zero-order chi connectivity index (χ0) is 13.5. The van der Waals surface area contributed by atoms with Crippen molar-refractivity contribution in [3.05, 3.63) is 28.3 Å². The molecule has 1 spiro atoms. The number of nitro groups is 1. The summed E-state index contributed by atoms with van der Waals surface area (Å²) in [4.78, 5) is 11.2. The minimum Gasteiger partial charge on any atom is -0.481 e. The summed E-state index contributed by atoms with van der Waals surface area (Å²) in [6, 6.07) is 4.75. The van der Waals surface area contributed by atoms with Gasteiger partial charge in [-0.25, -0.2) is 0 Å². The van der Waals surface area contributed by atoms with Gasteiger partial charge >= 0.3 is 5.69 Å². The normalized spacial score (nSPS) is 23.5. The van der Waals surface area contributed by atoms with Crippen molar-refractivity contribution in [2.24, 2.45) is 5.14 Å². The molecular weight excluding hydrogens is 268 g/mol. The van der Waals surface area contributed by atoms with Gasteiger partial charge in [-0.1, -0.05) is 0 Å². The molecule has 3 rings (SSSR count). The van der Waals surface area contributed by atoms with E-state index in [0.717, 1.165) is 31.2 Å². The summed E-state index contributed by atoms with van der Waals surface area (Å²) < 4.78 is 11.4. The van der Waals surface area contributed by atoms with Gasteiger partial charge in [0.1, 0.15) is 6.10 Å². The third-order valence-electron chi connectivity index (χ3n) is 3.54. The molecule has 2 fully saturated rings. The van der Waals surface area contributed by atoms with Crippen LogP contribution < -0.4 is 9.88 Å². The largest absolute Gasteiger partial charge is 0.481 e. The van der Waals surface area contributed by atoms with Gasteiger partial charge in [0.05, 0.1) is 17.1 Å². The van der Waals surface area contributed by atoms with Crippen molar-refractivity contribution < 1.29 is 14.4 Å². The van der Waals surface area contributed by atoms with E-state index in [4.69, 9.17) is 14.6 Å². The van der Waals surface area contributed by atoms with Crippen molar-refractivity contribution in [3.63, 3.8) is 0 Å². The van der Waals surface area contributed by atoms with Crippen molar-refractivity contribution >= 4 is 17.6 Å². The fourth-order valence-corrected chi connectivity index (χ4v) is 2.68. The van der Waals surface area contributed by atoms with E-state index in [-0.39, 0.29) is 23.1 Å². The monoisotopic (exact) mass is 282 g/mol. The van der Waals surface area contributed by atoms with Gasteiger partial charge in [-0.05, 0) is 36.9 Å². The lowest BCUT2D eigenvalue weighted by molar-refractivity contribution is -0.386. The zero-order valence-corrected chi connectivity index (χ0v) is 11.0. The second-order valence-corrected chi connectivity index (χ2v) is 5.65. The van der Waals surface area contributed by atoms with E-state index in [1.165, 1.54) is 6.07 Å². The van der Waals surface area contributed by atoms with E-state index >= 15 is 0 Å². The van der Waals surface area contributed by atoms with Crippen LogP contribution in [0.25, 0.3) is 0 Å². The number of benzene rings is 1. The molecule has 102 valence electrons. The average Bonchev–Trinajstić information content (AvgIpc) is 3.03. The molecule has 0 radical (unpaired) electrons. The topological polar surface area (TPSA) is 87.6 Å². The average molecular weight is 282 g/mol. The van der Waals surface area contributed by atoms with Gasteiger partial charge in [0.15, 0.2) is 5.75 Å².